The first-order valence-corrected chi connectivity index (χ1v) is 5.81. The zero-order chi connectivity index (χ0) is 12.1. The molecule has 1 heterocycles. The van der Waals surface area contributed by atoms with Crippen LogP contribution >= 0.6 is 11.6 Å². The first-order valence-electron chi connectivity index (χ1n) is 5.43. The number of aliphatic hydroxyl groups excluding tert-OH is 1. The van der Waals surface area contributed by atoms with Gasteiger partial charge in [0.25, 0.3) is 0 Å². The summed E-state index contributed by atoms with van der Waals surface area (Å²) in [5, 5.41) is 12.6. The minimum absolute atomic E-state index is 0.261. The first kappa shape index (κ1) is 13.2. The summed E-state index contributed by atoms with van der Waals surface area (Å²) in [6.07, 6.45) is 1.38. The summed E-state index contributed by atoms with van der Waals surface area (Å²) in [6, 6.07) is 0. The van der Waals surface area contributed by atoms with Gasteiger partial charge in [-0.2, -0.15) is 0 Å². The topological polar surface area (TPSA) is 58.0 Å². The van der Waals surface area contributed by atoms with Crippen LogP contribution in [0.15, 0.2) is 0 Å². The van der Waals surface area contributed by atoms with Crippen LogP contribution in [0.4, 0.5) is 5.82 Å². The second-order valence-corrected chi connectivity index (χ2v) is 4.31. The van der Waals surface area contributed by atoms with Crippen molar-refractivity contribution in [3.05, 3.63) is 16.5 Å². The SMILES string of the molecule is Cc1nc(Cl)c(NCCCC(C)O)nc1C. The highest BCUT2D eigenvalue weighted by Crippen LogP contribution is 2.18. The molecule has 0 fully saturated rings. The average molecular weight is 244 g/mol. The van der Waals surface area contributed by atoms with Crippen molar-refractivity contribution in [2.45, 2.75) is 39.7 Å². The minimum Gasteiger partial charge on any atom is -0.393 e. The predicted octanol–water partition coefficient (Wildman–Crippen LogP) is 2.32. The summed E-state index contributed by atoms with van der Waals surface area (Å²) in [5.74, 6) is 0.621. The zero-order valence-corrected chi connectivity index (χ0v) is 10.7. The molecule has 16 heavy (non-hydrogen) atoms. The monoisotopic (exact) mass is 243 g/mol. The summed E-state index contributed by atoms with van der Waals surface area (Å²) in [6.45, 7) is 6.30. The van der Waals surface area contributed by atoms with E-state index in [9.17, 15) is 0 Å². The molecule has 0 saturated heterocycles. The lowest BCUT2D eigenvalue weighted by Crippen LogP contribution is -2.09. The van der Waals surface area contributed by atoms with Gasteiger partial charge < -0.3 is 10.4 Å². The third-order valence-electron chi connectivity index (χ3n) is 2.36. The van der Waals surface area contributed by atoms with E-state index in [2.05, 4.69) is 15.3 Å². The molecule has 0 radical (unpaired) electrons. The number of aliphatic hydroxyl groups is 1. The van der Waals surface area contributed by atoms with E-state index >= 15 is 0 Å². The number of hydrogen-bond donors (Lipinski definition) is 2. The van der Waals surface area contributed by atoms with E-state index < -0.39 is 0 Å². The Kier molecular flexibility index (Phi) is 4.96. The van der Waals surface area contributed by atoms with Crippen LogP contribution in [0.3, 0.4) is 0 Å². The van der Waals surface area contributed by atoms with Crippen molar-refractivity contribution in [3.63, 3.8) is 0 Å². The Bertz CT molecular complexity index is 355. The number of rotatable bonds is 5. The zero-order valence-electron chi connectivity index (χ0n) is 9.92. The highest BCUT2D eigenvalue weighted by molar-refractivity contribution is 6.31. The van der Waals surface area contributed by atoms with Gasteiger partial charge in [0.2, 0.25) is 0 Å². The molecular weight excluding hydrogens is 226 g/mol. The Morgan fingerprint density at radius 1 is 1.31 bits per heavy atom. The van der Waals surface area contributed by atoms with E-state index in [0.717, 1.165) is 30.8 Å². The van der Waals surface area contributed by atoms with Gasteiger partial charge in [0.15, 0.2) is 11.0 Å². The molecule has 0 spiro atoms. The van der Waals surface area contributed by atoms with Crippen LogP contribution in [-0.4, -0.2) is 27.7 Å². The standard InChI is InChI=1S/C11H18ClN3O/c1-7(16)5-4-6-13-11-10(12)14-8(2)9(3)15-11/h7,16H,4-6H2,1-3H3,(H,13,15). The Morgan fingerprint density at radius 3 is 2.56 bits per heavy atom. The quantitative estimate of drug-likeness (QED) is 0.780. The minimum atomic E-state index is -0.261. The van der Waals surface area contributed by atoms with Crippen LogP contribution < -0.4 is 5.32 Å². The Hall–Kier alpha value is -0.870. The Morgan fingerprint density at radius 2 is 1.94 bits per heavy atom. The maximum absolute atomic E-state index is 9.10. The lowest BCUT2D eigenvalue weighted by atomic mass is 10.2. The third kappa shape index (κ3) is 3.94. The molecule has 0 aromatic carbocycles. The highest BCUT2D eigenvalue weighted by Gasteiger charge is 2.06. The van der Waals surface area contributed by atoms with Crippen molar-refractivity contribution in [3.8, 4) is 0 Å². The third-order valence-corrected chi connectivity index (χ3v) is 2.62. The van der Waals surface area contributed by atoms with E-state index in [-0.39, 0.29) is 6.10 Å². The van der Waals surface area contributed by atoms with Crippen molar-refractivity contribution in [2.24, 2.45) is 0 Å². The van der Waals surface area contributed by atoms with Gasteiger partial charge in [-0.3, -0.25) is 0 Å². The smallest absolute Gasteiger partial charge is 0.171 e. The molecule has 1 rings (SSSR count). The van der Waals surface area contributed by atoms with Crippen LogP contribution in [0.2, 0.25) is 5.15 Å². The molecule has 1 unspecified atom stereocenters. The van der Waals surface area contributed by atoms with Gasteiger partial charge in [0.1, 0.15) is 0 Å². The molecule has 90 valence electrons. The molecule has 0 aliphatic heterocycles. The number of halogens is 1. The van der Waals surface area contributed by atoms with Crippen LogP contribution in [0.5, 0.6) is 0 Å². The summed E-state index contributed by atoms with van der Waals surface area (Å²) in [5.41, 5.74) is 1.72. The molecule has 1 aromatic rings. The number of anilines is 1. The normalized spacial score (nSPS) is 12.6. The average Bonchev–Trinajstić information content (AvgIpc) is 2.19. The lowest BCUT2D eigenvalue weighted by molar-refractivity contribution is 0.183. The fourth-order valence-electron chi connectivity index (χ4n) is 1.29. The highest BCUT2D eigenvalue weighted by atomic mass is 35.5. The molecule has 0 saturated carbocycles. The van der Waals surface area contributed by atoms with E-state index in [1.54, 1.807) is 6.92 Å². The van der Waals surface area contributed by atoms with Gasteiger partial charge in [0, 0.05) is 6.54 Å². The van der Waals surface area contributed by atoms with E-state index in [4.69, 9.17) is 16.7 Å². The molecule has 0 aliphatic carbocycles. The van der Waals surface area contributed by atoms with Crippen molar-refractivity contribution >= 4 is 17.4 Å². The molecule has 2 N–H and O–H groups in total. The number of hydrogen-bond acceptors (Lipinski definition) is 4. The van der Waals surface area contributed by atoms with E-state index in [0.29, 0.717) is 11.0 Å². The van der Waals surface area contributed by atoms with Gasteiger partial charge in [-0.1, -0.05) is 11.6 Å². The fraction of sp³-hybridized carbons (Fsp3) is 0.636. The van der Waals surface area contributed by atoms with Crippen LogP contribution in [-0.2, 0) is 0 Å². The molecule has 1 aromatic heterocycles. The lowest BCUT2D eigenvalue weighted by Gasteiger charge is -2.09. The summed E-state index contributed by atoms with van der Waals surface area (Å²) < 4.78 is 0. The molecule has 4 nitrogen and oxygen atoms in total. The maximum atomic E-state index is 9.10. The van der Waals surface area contributed by atoms with Crippen LogP contribution in [0.25, 0.3) is 0 Å². The summed E-state index contributed by atoms with van der Waals surface area (Å²) >= 11 is 5.96. The molecule has 1 atom stereocenters. The first-order chi connectivity index (χ1) is 7.50. The Balaban J connectivity index is 2.51. The largest absolute Gasteiger partial charge is 0.393 e. The van der Waals surface area contributed by atoms with Gasteiger partial charge in [0.05, 0.1) is 17.5 Å². The number of aromatic nitrogens is 2. The number of nitrogens with one attached hydrogen (secondary N) is 1. The van der Waals surface area contributed by atoms with Gasteiger partial charge in [-0.15, -0.1) is 0 Å². The van der Waals surface area contributed by atoms with Crippen molar-refractivity contribution in [1.82, 2.24) is 9.97 Å². The second-order valence-electron chi connectivity index (χ2n) is 3.95. The second kappa shape index (κ2) is 6.01. The van der Waals surface area contributed by atoms with Crippen molar-refractivity contribution < 1.29 is 5.11 Å². The Labute approximate surface area is 101 Å². The number of nitrogens with zero attached hydrogens (tertiary/aromatic N) is 2. The summed E-state index contributed by atoms with van der Waals surface area (Å²) in [7, 11) is 0. The van der Waals surface area contributed by atoms with Gasteiger partial charge >= 0.3 is 0 Å². The maximum Gasteiger partial charge on any atom is 0.171 e. The van der Waals surface area contributed by atoms with Crippen molar-refractivity contribution in [1.29, 1.82) is 0 Å². The van der Waals surface area contributed by atoms with Gasteiger partial charge in [-0.25, -0.2) is 9.97 Å². The van der Waals surface area contributed by atoms with Crippen LogP contribution in [0.1, 0.15) is 31.2 Å². The fourth-order valence-corrected chi connectivity index (χ4v) is 1.53. The van der Waals surface area contributed by atoms with Gasteiger partial charge in [-0.05, 0) is 33.6 Å². The molecule has 0 amide bonds. The van der Waals surface area contributed by atoms with E-state index in [1.807, 2.05) is 13.8 Å². The molecule has 5 heteroatoms. The predicted molar refractivity (Wildman–Crippen MR) is 65.9 cm³/mol. The molecule has 0 bridgehead atoms. The van der Waals surface area contributed by atoms with Crippen LogP contribution in [0, 0.1) is 13.8 Å². The molecule has 0 aliphatic rings. The van der Waals surface area contributed by atoms with E-state index in [1.165, 1.54) is 0 Å². The summed E-state index contributed by atoms with van der Waals surface area (Å²) in [4.78, 5) is 8.50. The van der Waals surface area contributed by atoms with Crippen molar-refractivity contribution in [2.75, 3.05) is 11.9 Å². The molecular formula is C11H18ClN3O. The number of aryl methyl sites for hydroxylation is 2.